The van der Waals surface area contributed by atoms with Gasteiger partial charge in [-0.1, -0.05) is 12.1 Å². The van der Waals surface area contributed by atoms with E-state index in [0.717, 1.165) is 43.5 Å². The van der Waals surface area contributed by atoms with Gasteiger partial charge in [0.15, 0.2) is 5.78 Å². The Hall–Kier alpha value is -2.36. The van der Waals surface area contributed by atoms with Crippen LogP contribution in [0.15, 0.2) is 36.5 Å². The minimum atomic E-state index is 0.0821. The van der Waals surface area contributed by atoms with E-state index in [1.54, 1.807) is 0 Å². The molecule has 4 heteroatoms. The number of amides is 1. The van der Waals surface area contributed by atoms with Crippen LogP contribution in [-0.2, 0) is 17.6 Å². The minimum Gasteiger partial charge on any atom is -0.363 e. The second-order valence-corrected chi connectivity index (χ2v) is 7.13. The van der Waals surface area contributed by atoms with Gasteiger partial charge in [-0.3, -0.25) is 9.59 Å². The number of fused-ring (bicyclic) bond motifs is 1. The lowest BCUT2D eigenvalue weighted by atomic mass is 10.0. The van der Waals surface area contributed by atoms with Gasteiger partial charge in [-0.05, 0) is 61.4 Å². The van der Waals surface area contributed by atoms with Crippen LogP contribution in [-0.4, -0.2) is 28.1 Å². The number of aryl methyl sites for hydroxylation is 2. The van der Waals surface area contributed by atoms with Gasteiger partial charge in [-0.25, -0.2) is 0 Å². The van der Waals surface area contributed by atoms with Crippen molar-refractivity contribution >= 4 is 11.7 Å². The van der Waals surface area contributed by atoms with Crippen molar-refractivity contribution in [1.29, 1.82) is 0 Å². The van der Waals surface area contributed by atoms with E-state index < -0.39 is 0 Å². The number of aromatic amines is 1. The lowest BCUT2D eigenvalue weighted by Crippen LogP contribution is -2.30. The molecule has 4 rings (SSSR count). The molecule has 1 amide bonds. The molecule has 1 atom stereocenters. The third-order valence-corrected chi connectivity index (χ3v) is 5.54. The summed E-state index contributed by atoms with van der Waals surface area (Å²) < 4.78 is 0. The maximum absolute atomic E-state index is 12.6. The van der Waals surface area contributed by atoms with Crippen molar-refractivity contribution in [2.45, 2.75) is 51.0 Å². The summed E-state index contributed by atoms with van der Waals surface area (Å²) in [6.45, 7) is 0.787. The van der Waals surface area contributed by atoms with Crippen molar-refractivity contribution in [2.75, 3.05) is 6.54 Å². The third kappa shape index (κ3) is 3.26. The summed E-state index contributed by atoms with van der Waals surface area (Å²) in [7, 11) is 0. The SMILES string of the molecule is O=C(CCC(=O)N1CCCC1c1ccc[nH]1)c1ccc2c(c1)CCC2. The fourth-order valence-electron chi connectivity index (χ4n) is 4.19. The number of benzene rings is 1. The molecular weight excluding hydrogens is 312 g/mol. The number of nitrogens with one attached hydrogen (secondary N) is 1. The van der Waals surface area contributed by atoms with Crippen molar-refractivity contribution in [1.82, 2.24) is 9.88 Å². The van der Waals surface area contributed by atoms with Gasteiger partial charge >= 0.3 is 0 Å². The Morgan fingerprint density at radius 2 is 1.96 bits per heavy atom. The molecule has 1 aromatic heterocycles. The second-order valence-electron chi connectivity index (χ2n) is 7.13. The summed E-state index contributed by atoms with van der Waals surface area (Å²) >= 11 is 0. The first-order valence-electron chi connectivity index (χ1n) is 9.30. The Labute approximate surface area is 148 Å². The highest BCUT2D eigenvalue weighted by Gasteiger charge is 2.30. The maximum Gasteiger partial charge on any atom is 0.223 e. The van der Waals surface area contributed by atoms with Crippen molar-refractivity contribution < 1.29 is 9.59 Å². The second kappa shape index (κ2) is 6.87. The molecule has 0 saturated carbocycles. The first-order chi connectivity index (χ1) is 12.2. The number of likely N-dealkylation sites (tertiary alicyclic amines) is 1. The number of Topliss-reactive ketones (excluding diaryl/α,β-unsaturated/α-hetero) is 1. The molecule has 2 heterocycles. The van der Waals surface area contributed by atoms with Crippen LogP contribution in [0.5, 0.6) is 0 Å². The van der Waals surface area contributed by atoms with Crippen molar-refractivity contribution in [3.63, 3.8) is 0 Å². The molecule has 2 aromatic rings. The molecule has 25 heavy (non-hydrogen) atoms. The predicted octanol–water partition coefficient (Wildman–Crippen LogP) is 3.83. The molecule has 0 spiro atoms. The summed E-state index contributed by atoms with van der Waals surface area (Å²) in [5.74, 6) is 0.172. The maximum atomic E-state index is 12.6. The van der Waals surface area contributed by atoms with Gasteiger partial charge in [0, 0.05) is 36.8 Å². The molecule has 1 aliphatic carbocycles. The standard InChI is InChI=1S/C21H24N2O2/c24-20(17-9-8-15-4-1-5-16(15)14-17)10-11-21(25)23-13-3-7-19(23)18-6-2-12-22-18/h2,6,8-9,12,14,19,22H,1,3-5,7,10-11,13H2. The van der Waals surface area contributed by atoms with E-state index in [-0.39, 0.29) is 17.7 Å². The van der Waals surface area contributed by atoms with Crippen LogP contribution in [0.25, 0.3) is 0 Å². The molecule has 1 aromatic carbocycles. The number of carbonyl (C=O) groups is 2. The van der Waals surface area contributed by atoms with Crippen LogP contribution in [0, 0.1) is 0 Å². The summed E-state index contributed by atoms with van der Waals surface area (Å²) in [6, 6.07) is 10.2. The Morgan fingerprint density at radius 3 is 2.80 bits per heavy atom. The highest BCUT2D eigenvalue weighted by Crippen LogP contribution is 2.31. The van der Waals surface area contributed by atoms with E-state index in [9.17, 15) is 9.59 Å². The number of hydrogen-bond donors (Lipinski definition) is 1. The highest BCUT2D eigenvalue weighted by molar-refractivity contribution is 5.98. The molecule has 130 valence electrons. The number of carbonyl (C=O) groups excluding carboxylic acids is 2. The summed E-state index contributed by atoms with van der Waals surface area (Å²) in [5, 5.41) is 0. The fraction of sp³-hybridized carbons (Fsp3) is 0.429. The molecule has 0 bridgehead atoms. The quantitative estimate of drug-likeness (QED) is 0.844. The van der Waals surface area contributed by atoms with Crippen LogP contribution < -0.4 is 0 Å². The van der Waals surface area contributed by atoms with Gasteiger partial charge in [0.05, 0.1) is 6.04 Å². The van der Waals surface area contributed by atoms with Gasteiger partial charge in [0.2, 0.25) is 5.91 Å². The van der Waals surface area contributed by atoms with E-state index in [2.05, 4.69) is 11.1 Å². The average Bonchev–Trinajstić information content (AvgIpc) is 3.38. The Morgan fingerprint density at radius 1 is 1.08 bits per heavy atom. The van der Waals surface area contributed by atoms with Gasteiger partial charge < -0.3 is 9.88 Å². The third-order valence-electron chi connectivity index (χ3n) is 5.54. The first-order valence-corrected chi connectivity index (χ1v) is 9.30. The van der Waals surface area contributed by atoms with Crippen LogP contribution in [0.1, 0.15) is 65.3 Å². The molecule has 0 radical (unpaired) electrons. The normalized spacial score (nSPS) is 19.2. The van der Waals surface area contributed by atoms with Crippen LogP contribution in [0.4, 0.5) is 0 Å². The van der Waals surface area contributed by atoms with Crippen molar-refractivity contribution in [2.24, 2.45) is 0 Å². The topological polar surface area (TPSA) is 53.2 Å². The smallest absolute Gasteiger partial charge is 0.223 e. The predicted molar refractivity (Wildman–Crippen MR) is 96.5 cm³/mol. The number of ketones is 1. The van der Waals surface area contributed by atoms with E-state index in [1.165, 1.54) is 17.5 Å². The Bertz CT molecular complexity index is 779. The van der Waals surface area contributed by atoms with E-state index >= 15 is 0 Å². The van der Waals surface area contributed by atoms with Gasteiger partial charge in [-0.15, -0.1) is 0 Å². The van der Waals surface area contributed by atoms with E-state index in [4.69, 9.17) is 0 Å². The van der Waals surface area contributed by atoms with Gasteiger partial charge in [0.1, 0.15) is 0 Å². The summed E-state index contributed by atoms with van der Waals surface area (Å²) in [6.07, 6.45) is 7.88. The van der Waals surface area contributed by atoms with Crippen molar-refractivity contribution in [3.05, 3.63) is 58.9 Å². The first kappa shape index (κ1) is 16.1. The zero-order valence-corrected chi connectivity index (χ0v) is 14.5. The Balaban J connectivity index is 1.37. The molecule has 1 saturated heterocycles. The van der Waals surface area contributed by atoms with E-state index in [1.807, 2.05) is 35.4 Å². The molecule has 4 nitrogen and oxygen atoms in total. The Kier molecular flexibility index (Phi) is 4.43. The minimum absolute atomic E-state index is 0.0821. The van der Waals surface area contributed by atoms with Crippen molar-refractivity contribution in [3.8, 4) is 0 Å². The molecule has 1 N–H and O–H groups in total. The number of H-pyrrole nitrogens is 1. The molecule has 1 fully saturated rings. The zero-order chi connectivity index (χ0) is 17.2. The average molecular weight is 336 g/mol. The number of aromatic nitrogens is 1. The number of hydrogen-bond acceptors (Lipinski definition) is 2. The van der Waals surface area contributed by atoms with Crippen LogP contribution in [0.2, 0.25) is 0 Å². The highest BCUT2D eigenvalue weighted by atomic mass is 16.2. The molecule has 2 aliphatic rings. The largest absolute Gasteiger partial charge is 0.363 e. The summed E-state index contributed by atoms with van der Waals surface area (Å²) in [5.41, 5.74) is 4.54. The fourth-order valence-corrected chi connectivity index (χ4v) is 4.19. The van der Waals surface area contributed by atoms with Crippen LogP contribution in [0.3, 0.4) is 0 Å². The molecule has 1 aliphatic heterocycles. The van der Waals surface area contributed by atoms with Crippen LogP contribution >= 0.6 is 0 Å². The summed E-state index contributed by atoms with van der Waals surface area (Å²) in [4.78, 5) is 30.3. The van der Waals surface area contributed by atoms with Gasteiger partial charge in [0.25, 0.3) is 0 Å². The molecular formula is C21H24N2O2. The lowest BCUT2D eigenvalue weighted by Gasteiger charge is -2.24. The van der Waals surface area contributed by atoms with E-state index in [0.29, 0.717) is 12.8 Å². The lowest BCUT2D eigenvalue weighted by molar-refractivity contribution is -0.132. The molecule has 1 unspecified atom stereocenters. The van der Waals surface area contributed by atoms with Gasteiger partial charge in [-0.2, -0.15) is 0 Å². The zero-order valence-electron chi connectivity index (χ0n) is 14.5. The number of rotatable bonds is 5. The number of nitrogens with zero attached hydrogens (tertiary/aromatic N) is 1. The monoisotopic (exact) mass is 336 g/mol.